The van der Waals surface area contributed by atoms with E-state index in [1.807, 2.05) is 0 Å². The summed E-state index contributed by atoms with van der Waals surface area (Å²) in [5.41, 5.74) is 4.78. The smallest absolute Gasteiger partial charge is 0.784 e. The van der Waals surface area contributed by atoms with Crippen LogP contribution >= 0.6 is 0 Å². The van der Waals surface area contributed by atoms with Crippen LogP contribution in [0.3, 0.4) is 0 Å². The maximum Gasteiger partial charge on any atom is 1.00 e. The van der Waals surface area contributed by atoms with Crippen molar-refractivity contribution in [1.29, 1.82) is 0 Å². The van der Waals surface area contributed by atoms with Crippen LogP contribution in [0.4, 0.5) is 0 Å². The zero-order valence-corrected chi connectivity index (χ0v) is 10.9. The Bertz CT molecular complexity index is 59.2. The van der Waals surface area contributed by atoms with Crippen LogP contribution < -0.4 is 64.8 Å². The first-order valence-corrected chi connectivity index (χ1v) is 2.72. The van der Waals surface area contributed by atoms with E-state index in [4.69, 9.17) is 24.2 Å². The standard InChI is InChI=1S/C2H7NO.2Na.H2O3S/c3-1-2-4;;;1-4(2)3/h4H,1-3H2;;;(H2,1,2,3)/q;2*+1;/p-2. The van der Waals surface area contributed by atoms with Gasteiger partial charge < -0.3 is 19.9 Å². The second-order valence-electron chi connectivity index (χ2n) is 0.716. The largest absolute Gasteiger partial charge is 1.00 e. The molecule has 5 nitrogen and oxygen atoms in total. The third-order valence-corrected chi connectivity index (χ3v) is 0.129. The van der Waals surface area contributed by atoms with Crippen LogP contribution in [0.25, 0.3) is 0 Å². The average molecular weight is 187 g/mol. The van der Waals surface area contributed by atoms with Gasteiger partial charge in [-0.05, 0) is 0 Å². The molecule has 0 aliphatic heterocycles. The molecule has 52 valence electrons. The molecule has 8 heteroatoms. The van der Waals surface area contributed by atoms with E-state index in [0.29, 0.717) is 6.54 Å². The van der Waals surface area contributed by atoms with Gasteiger partial charge in [-0.25, -0.2) is 0 Å². The molecule has 0 atom stereocenters. The van der Waals surface area contributed by atoms with E-state index in [1.54, 1.807) is 0 Å². The van der Waals surface area contributed by atoms with E-state index in [9.17, 15) is 0 Å². The molecule has 0 unspecified atom stereocenters. The Labute approximate surface area is 106 Å². The zero-order valence-electron chi connectivity index (χ0n) is 6.07. The molecule has 0 aromatic carbocycles. The Morgan fingerprint density at radius 1 is 1.40 bits per heavy atom. The Kier molecular flexibility index (Phi) is 50.9. The van der Waals surface area contributed by atoms with Gasteiger partial charge in [-0.2, -0.15) is 0 Å². The van der Waals surface area contributed by atoms with Gasteiger partial charge in [0, 0.05) is 6.54 Å². The number of aliphatic hydroxyl groups is 1. The third kappa shape index (κ3) is 90.3. The van der Waals surface area contributed by atoms with Crippen LogP contribution in [-0.2, 0) is 11.4 Å². The van der Waals surface area contributed by atoms with E-state index in [0.717, 1.165) is 0 Å². The van der Waals surface area contributed by atoms with Gasteiger partial charge >= 0.3 is 59.1 Å². The number of nitrogens with two attached hydrogens (primary N) is 1. The van der Waals surface area contributed by atoms with Crippen LogP contribution in [-0.4, -0.2) is 31.6 Å². The van der Waals surface area contributed by atoms with Gasteiger partial charge in [-0.15, -0.1) is 11.4 Å². The monoisotopic (exact) mass is 187 g/mol. The second-order valence-corrected chi connectivity index (χ2v) is 1.12. The molecule has 0 rings (SSSR count). The summed E-state index contributed by atoms with van der Waals surface area (Å²) in [5.74, 6) is 0. The molecular formula is C2H7NNa2O4S. The predicted octanol–water partition coefficient (Wildman–Crippen LogP) is -8.06. The normalized spacial score (nSPS) is 6.50. The van der Waals surface area contributed by atoms with Gasteiger partial charge in [0.2, 0.25) is 0 Å². The van der Waals surface area contributed by atoms with Crippen molar-refractivity contribution in [1.82, 2.24) is 0 Å². The summed E-state index contributed by atoms with van der Waals surface area (Å²) >= 11 is -3.11. The molecule has 0 heterocycles. The Hall–Kier alpha value is 1.99. The van der Waals surface area contributed by atoms with Gasteiger partial charge in [-0.1, -0.05) is 0 Å². The molecule has 0 amide bonds. The van der Waals surface area contributed by atoms with Gasteiger partial charge in [0.05, 0.1) is 6.61 Å². The third-order valence-electron chi connectivity index (χ3n) is 0.129. The first-order chi connectivity index (χ1) is 3.65. The summed E-state index contributed by atoms with van der Waals surface area (Å²) in [6, 6.07) is 0. The molecule has 0 saturated heterocycles. The Morgan fingerprint density at radius 3 is 1.50 bits per heavy atom. The Morgan fingerprint density at radius 2 is 1.50 bits per heavy atom. The maximum absolute atomic E-state index is 8.44. The van der Waals surface area contributed by atoms with Crippen LogP contribution in [0.2, 0.25) is 0 Å². The minimum Gasteiger partial charge on any atom is -0.784 e. The zero-order chi connectivity index (χ0) is 6.99. The van der Waals surface area contributed by atoms with Crippen LogP contribution in [0.1, 0.15) is 0 Å². The van der Waals surface area contributed by atoms with Crippen molar-refractivity contribution in [3.05, 3.63) is 0 Å². The van der Waals surface area contributed by atoms with E-state index < -0.39 is 11.4 Å². The SMILES string of the molecule is NCCO.O=S([O-])[O-].[Na+].[Na+]. The van der Waals surface area contributed by atoms with Crippen LogP contribution in [0.5, 0.6) is 0 Å². The van der Waals surface area contributed by atoms with Gasteiger partial charge in [-0.3, -0.25) is 4.21 Å². The molecule has 0 bridgehead atoms. The van der Waals surface area contributed by atoms with Crippen molar-refractivity contribution < 1.29 is 77.5 Å². The quantitative estimate of drug-likeness (QED) is 0.313. The van der Waals surface area contributed by atoms with Gasteiger partial charge in [0.1, 0.15) is 0 Å². The van der Waals surface area contributed by atoms with E-state index in [-0.39, 0.29) is 65.7 Å². The summed E-state index contributed by atoms with van der Waals surface area (Å²) in [4.78, 5) is 0. The number of hydrogen-bond acceptors (Lipinski definition) is 5. The molecule has 0 aliphatic rings. The predicted molar refractivity (Wildman–Crippen MR) is 25.8 cm³/mol. The minimum atomic E-state index is -3.11. The summed E-state index contributed by atoms with van der Waals surface area (Å²) in [6.07, 6.45) is 0. The van der Waals surface area contributed by atoms with Crippen molar-refractivity contribution in [3.8, 4) is 0 Å². The van der Waals surface area contributed by atoms with Crippen LogP contribution in [0, 0.1) is 0 Å². The first-order valence-electron chi connectivity index (χ1n) is 1.72. The Balaban J connectivity index is -0.0000000300. The molecule has 0 aromatic heterocycles. The molecule has 0 radical (unpaired) electrons. The average Bonchev–Trinajstić information content (AvgIpc) is 1.65. The molecule has 3 N–H and O–H groups in total. The van der Waals surface area contributed by atoms with Crippen molar-refractivity contribution in [2.75, 3.05) is 13.2 Å². The minimum absolute atomic E-state index is 0. The fourth-order valence-corrected chi connectivity index (χ4v) is 0. The molecule has 0 aliphatic carbocycles. The van der Waals surface area contributed by atoms with Crippen molar-refractivity contribution in [3.63, 3.8) is 0 Å². The molecule has 10 heavy (non-hydrogen) atoms. The van der Waals surface area contributed by atoms with Gasteiger partial charge in [0.15, 0.2) is 0 Å². The van der Waals surface area contributed by atoms with Crippen molar-refractivity contribution >= 4 is 11.4 Å². The second kappa shape index (κ2) is 22.4. The summed E-state index contributed by atoms with van der Waals surface area (Å²) in [7, 11) is 0. The topological polar surface area (TPSA) is 109 Å². The molecule has 0 aromatic rings. The van der Waals surface area contributed by atoms with E-state index in [1.165, 1.54) is 0 Å². The number of rotatable bonds is 1. The fraction of sp³-hybridized carbons (Fsp3) is 1.00. The first kappa shape index (κ1) is 22.7. The van der Waals surface area contributed by atoms with Crippen molar-refractivity contribution in [2.24, 2.45) is 5.73 Å². The maximum atomic E-state index is 8.44. The summed E-state index contributed by atoms with van der Waals surface area (Å²) in [6.45, 7) is 0.472. The molecule has 0 fully saturated rings. The van der Waals surface area contributed by atoms with Crippen molar-refractivity contribution in [2.45, 2.75) is 0 Å². The van der Waals surface area contributed by atoms with Crippen LogP contribution in [0.15, 0.2) is 0 Å². The molecule has 0 spiro atoms. The van der Waals surface area contributed by atoms with E-state index >= 15 is 0 Å². The summed E-state index contributed by atoms with van der Waals surface area (Å²) in [5, 5.41) is 7.75. The number of hydrogen-bond donors (Lipinski definition) is 2. The van der Waals surface area contributed by atoms with E-state index in [2.05, 4.69) is 0 Å². The fourth-order valence-electron chi connectivity index (χ4n) is 0. The molecular weight excluding hydrogens is 180 g/mol. The molecule has 0 saturated carbocycles. The number of aliphatic hydroxyl groups excluding tert-OH is 1. The van der Waals surface area contributed by atoms with Gasteiger partial charge in [0.25, 0.3) is 0 Å². The summed E-state index contributed by atoms with van der Waals surface area (Å²) < 4.78 is 25.3.